The van der Waals surface area contributed by atoms with Crippen molar-refractivity contribution < 1.29 is 19.1 Å². The standard InChI is InChI=1S/C14H26O4.Na.H/c1-3-17-13(15)11-9-7-5-6-8-10-12-14(16)18-4-2;;/h3-12H2,1-2H3;;. The van der Waals surface area contributed by atoms with Crippen molar-refractivity contribution in [1.82, 2.24) is 0 Å². The SMILES string of the molecule is CCOC(=O)CCCCCCCCC(=O)OCC.[NaH]. The van der Waals surface area contributed by atoms with Gasteiger partial charge in [0.15, 0.2) is 0 Å². The molecule has 4 nitrogen and oxygen atoms in total. The quantitative estimate of drug-likeness (QED) is 0.332. The van der Waals surface area contributed by atoms with E-state index in [0.717, 1.165) is 38.5 Å². The topological polar surface area (TPSA) is 52.6 Å². The van der Waals surface area contributed by atoms with E-state index in [-0.39, 0.29) is 41.5 Å². The number of rotatable bonds is 11. The second-order valence-corrected chi connectivity index (χ2v) is 4.23. The van der Waals surface area contributed by atoms with Gasteiger partial charge in [-0.15, -0.1) is 0 Å². The number of hydrogen-bond donors (Lipinski definition) is 0. The van der Waals surface area contributed by atoms with Crippen molar-refractivity contribution in [3.63, 3.8) is 0 Å². The van der Waals surface area contributed by atoms with Gasteiger partial charge in [-0.25, -0.2) is 0 Å². The van der Waals surface area contributed by atoms with E-state index in [1.54, 1.807) is 0 Å². The van der Waals surface area contributed by atoms with Gasteiger partial charge in [-0.05, 0) is 26.7 Å². The van der Waals surface area contributed by atoms with E-state index in [9.17, 15) is 9.59 Å². The first-order valence-corrected chi connectivity index (χ1v) is 7.02. The molecule has 0 saturated heterocycles. The monoisotopic (exact) mass is 282 g/mol. The molecule has 0 atom stereocenters. The number of hydrogen-bond acceptors (Lipinski definition) is 4. The van der Waals surface area contributed by atoms with Gasteiger partial charge in [-0.3, -0.25) is 9.59 Å². The van der Waals surface area contributed by atoms with E-state index in [4.69, 9.17) is 9.47 Å². The summed E-state index contributed by atoms with van der Waals surface area (Å²) in [6, 6.07) is 0. The molecule has 0 aromatic rings. The number of esters is 2. The normalized spacial score (nSPS) is 9.58. The minimum absolute atomic E-state index is 0. The summed E-state index contributed by atoms with van der Waals surface area (Å²) in [6.07, 6.45) is 7.18. The Labute approximate surface area is 138 Å². The minimum atomic E-state index is -0.0974. The number of ether oxygens (including phenoxy) is 2. The average Bonchev–Trinajstić information content (AvgIpc) is 2.33. The number of unbranched alkanes of at least 4 members (excludes halogenated alkanes) is 5. The second kappa shape index (κ2) is 16.0. The Morgan fingerprint density at radius 3 is 1.32 bits per heavy atom. The number of carbonyl (C=O) groups excluding carboxylic acids is 2. The first-order chi connectivity index (χ1) is 8.70. The molecule has 0 fully saturated rings. The summed E-state index contributed by atoms with van der Waals surface area (Å²) >= 11 is 0. The van der Waals surface area contributed by atoms with E-state index < -0.39 is 0 Å². The summed E-state index contributed by atoms with van der Waals surface area (Å²) < 4.78 is 9.69. The maximum absolute atomic E-state index is 11.0. The number of carbonyl (C=O) groups is 2. The molecule has 19 heavy (non-hydrogen) atoms. The van der Waals surface area contributed by atoms with Crippen LogP contribution in [0.25, 0.3) is 0 Å². The third-order valence-electron chi connectivity index (χ3n) is 2.62. The van der Waals surface area contributed by atoms with Crippen LogP contribution in [0.2, 0.25) is 0 Å². The van der Waals surface area contributed by atoms with Crippen molar-refractivity contribution >= 4 is 41.5 Å². The Hall–Kier alpha value is -0.0600. The van der Waals surface area contributed by atoms with Gasteiger partial charge in [0.25, 0.3) is 0 Å². The molecular weight excluding hydrogens is 255 g/mol. The van der Waals surface area contributed by atoms with Crippen LogP contribution in [-0.4, -0.2) is 54.7 Å². The van der Waals surface area contributed by atoms with Gasteiger partial charge in [0, 0.05) is 12.8 Å². The molecule has 0 unspecified atom stereocenters. The van der Waals surface area contributed by atoms with E-state index >= 15 is 0 Å². The maximum atomic E-state index is 11.0. The Morgan fingerprint density at radius 2 is 1.00 bits per heavy atom. The van der Waals surface area contributed by atoms with Gasteiger partial charge in [0.2, 0.25) is 0 Å². The molecule has 0 heterocycles. The van der Waals surface area contributed by atoms with Gasteiger partial charge in [-0.2, -0.15) is 0 Å². The molecule has 0 aliphatic carbocycles. The fraction of sp³-hybridized carbons (Fsp3) is 0.857. The summed E-state index contributed by atoms with van der Waals surface area (Å²) in [7, 11) is 0. The molecule has 0 saturated carbocycles. The van der Waals surface area contributed by atoms with Crippen molar-refractivity contribution in [2.75, 3.05) is 13.2 Å². The third-order valence-corrected chi connectivity index (χ3v) is 2.62. The predicted molar refractivity (Wildman–Crippen MR) is 77.4 cm³/mol. The molecule has 0 aliphatic rings. The zero-order valence-electron chi connectivity index (χ0n) is 11.7. The van der Waals surface area contributed by atoms with Gasteiger partial charge in [0.1, 0.15) is 0 Å². The molecule has 0 amide bonds. The van der Waals surface area contributed by atoms with Crippen molar-refractivity contribution in [3.05, 3.63) is 0 Å². The molecule has 0 spiro atoms. The van der Waals surface area contributed by atoms with Gasteiger partial charge in [-0.1, -0.05) is 25.7 Å². The Kier molecular flexibility index (Phi) is 17.9. The third kappa shape index (κ3) is 15.9. The molecule has 5 heteroatoms. The Balaban J connectivity index is 0. The zero-order valence-corrected chi connectivity index (χ0v) is 11.7. The second-order valence-electron chi connectivity index (χ2n) is 4.23. The van der Waals surface area contributed by atoms with Crippen LogP contribution in [0.3, 0.4) is 0 Å². The fourth-order valence-electron chi connectivity index (χ4n) is 1.71. The molecule has 108 valence electrons. The van der Waals surface area contributed by atoms with Crippen LogP contribution in [0.5, 0.6) is 0 Å². The van der Waals surface area contributed by atoms with E-state index in [2.05, 4.69) is 0 Å². The molecule has 0 aliphatic heterocycles. The van der Waals surface area contributed by atoms with Crippen molar-refractivity contribution in [1.29, 1.82) is 0 Å². The summed E-state index contributed by atoms with van der Waals surface area (Å²) in [4.78, 5) is 22.1. The Morgan fingerprint density at radius 1 is 0.684 bits per heavy atom. The molecule has 0 bridgehead atoms. The molecule has 0 aromatic heterocycles. The Bertz CT molecular complexity index is 207. The van der Waals surface area contributed by atoms with Gasteiger partial charge < -0.3 is 9.47 Å². The van der Waals surface area contributed by atoms with Crippen LogP contribution >= 0.6 is 0 Å². The van der Waals surface area contributed by atoms with Crippen LogP contribution in [0, 0.1) is 0 Å². The van der Waals surface area contributed by atoms with Crippen LogP contribution in [0.1, 0.15) is 65.2 Å². The molecule has 0 aromatic carbocycles. The molecule has 0 radical (unpaired) electrons. The van der Waals surface area contributed by atoms with Crippen LogP contribution in [-0.2, 0) is 19.1 Å². The van der Waals surface area contributed by atoms with Gasteiger partial charge >= 0.3 is 41.5 Å². The van der Waals surface area contributed by atoms with E-state index in [1.807, 2.05) is 13.8 Å². The molecule has 0 rings (SSSR count). The fourth-order valence-corrected chi connectivity index (χ4v) is 1.71. The summed E-state index contributed by atoms with van der Waals surface area (Å²) in [5.41, 5.74) is 0. The van der Waals surface area contributed by atoms with Crippen molar-refractivity contribution in [2.45, 2.75) is 65.2 Å². The van der Waals surface area contributed by atoms with Crippen molar-refractivity contribution in [2.24, 2.45) is 0 Å². The van der Waals surface area contributed by atoms with Crippen LogP contribution in [0.15, 0.2) is 0 Å². The summed E-state index contributed by atoms with van der Waals surface area (Å²) in [5, 5.41) is 0. The van der Waals surface area contributed by atoms with Crippen molar-refractivity contribution in [3.8, 4) is 0 Å². The van der Waals surface area contributed by atoms with E-state index in [1.165, 1.54) is 0 Å². The molecule has 0 N–H and O–H groups in total. The average molecular weight is 282 g/mol. The van der Waals surface area contributed by atoms with Crippen LogP contribution in [0.4, 0.5) is 0 Å². The summed E-state index contributed by atoms with van der Waals surface area (Å²) in [5.74, 6) is -0.195. The first kappa shape index (κ1) is 21.2. The predicted octanol–water partition coefficient (Wildman–Crippen LogP) is 2.58. The van der Waals surface area contributed by atoms with E-state index in [0.29, 0.717) is 26.1 Å². The zero-order chi connectivity index (χ0) is 13.6. The molecular formula is C14H27NaO4. The van der Waals surface area contributed by atoms with Gasteiger partial charge in [0.05, 0.1) is 13.2 Å². The van der Waals surface area contributed by atoms with Crippen LogP contribution < -0.4 is 0 Å². The first-order valence-electron chi connectivity index (χ1n) is 7.02. The summed E-state index contributed by atoms with van der Waals surface area (Å²) in [6.45, 7) is 4.57.